The molecule has 0 saturated carbocycles. The van der Waals surface area contributed by atoms with Crippen molar-refractivity contribution in [1.82, 2.24) is 9.97 Å². The Morgan fingerprint density at radius 2 is 2.22 bits per heavy atom. The largest absolute Gasteiger partial charge is 0.385 e. The van der Waals surface area contributed by atoms with E-state index in [0.717, 1.165) is 0 Å². The number of hydrogen-bond donors (Lipinski definition) is 3. The van der Waals surface area contributed by atoms with E-state index in [2.05, 4.69) is 22.2 Å². The van der Waals surface area contributed by atoms with Crippen LogP contribution in [0, 0.1) is 4.77 Å². The number of anilines is 2. The summed E-state index contributed by atoms with van der Waals surface area (Å²) in [6, 6.07) is 1.51. The second-order valence-corrected chi connectivity index (χ2v) is 1.95. The van der Waals surface area contributed by atoms with E-state index in [-0.39, 0.29) is 0 Å². The van der Waals surface area contributed by atoms with E-state index in [1.54, 1.807) is 0 Å². The molecule has 0 radical (unpaired) electrons. The van der Waals surface area contributed by atoms with E-state index in [1.807, 2.05) is 0 Å². The molecule has 0 aliphatic heterocycles. The van der Waals surface area contributed by atoms with Crippen LogP contribution < -0.4 is 11.5 Å². The summed E-state index contributed by atoms with van der Waals surface area (Å²) in [5.74, 6) is 0.781. The predicted octanol–water partition coefficient (Wildman–Crippen LogP) is 0.304. The van der Waals surface area contributed by atoms with Gasteiger partial charge in [-0.15, -0.1) is 0 Å². The summed E-state index contributed by atoms with van der Waals surface area (Å²) in [6.45, 7) is 0. The zero-order valence-electron chi connectivity index (χ0n) is 4.59. The molecule has 48 valence electrons. The smallest absolute Gasteiger partial charge is 0.200 e. The van der Waals surface area contributed by atoms with Crippen molar-refractivity contribution in [2.24, 2.45) is 0 Å². The van der Waals surface area contributed by atoms with Gasteiger partial charge >= 0.3 is 0 Å². The Morgan fingerprint density at radius 3 is 2.67 bits per heavy atom. The summed E-state index contributed by atoms with van der Waals surface area (Å²) < 4.78 is 0.313. The van der Waals surface area contributed by atoms with Crippen LogP contribution in [0.25, 0.3) is 0 Å². The van der Waals surface area contributed by atoms with Gasteiger partial charge in [0.1, 0.15) is 11.6 Å². The summed E-state index contributed by atoms with van der Waals surface area (Å²) in [5, 5.41) is 0. The molecule has 0 saturated heterocycles. The summed E-state index contributed by atoms with van der Waals surface area (Å²) in [4.78, 5) is 6.30. The van der Waals surface area contributed by atoms with Crippen molar-refractivity contribution in [3.63, 3.8) is 0 Å². The zero-order valence-corrected chi connectivity index (χ0v) is 5.40. The molecule has 0 aliphatic rings. The molecular formula is C4H6N4S. The van der Waals surface area contributed by atoms with E-state index in [9.17, 15) is 0 Å². The normalized spacial score (nSPS) is 9.33. The Kier molecular flexibility index (Phi) is 1.35. The van der Waals surface area contributed by atoms with Crippen molar-refractivity contribution < 1.29 is 0 Å². The maximum atomic E-state index is 5.32. The Hall–Kier alpha value is -1.10. The first kappa shape index (κ1) is 6.03. The fourth-order valence-electron chi connectivity index (χ4n) is 0.496. The minimum absolute atomic E-state index is 0.313. The van der Waals surface area contributed by atoms with Crippen LogP contribution in [0.3, 0.4) is 0 Å². The highest BCUT2D eigenvalue weighted by Crippen LogP contribution is 1.99. The Balaban J connectivity index is 3.33. The highest BCUT2D eigenvalue weighted by atomic mass is 32.1. The third kappa shape index (κ3) is 1.39. The van der Waals surface area contributed by atoms with E-state index in [1.165, 1.54) is 6.07 Å². The Morgan fingerprint density at radius 1 is 1.56 bits per heavy atom. The third-order valence-corrected chi connectivity index (χ3v) is 0.979. The topological polar surface area (TPSA) is 80.7 Å². The van der Waals surface area contributed by atoms with Crippen molar-refractivity contribution >= 4 is 23.9 Å². The molecule has 1 aromatic rings. The Bertz CT molecular complexity index is 242. The molecule has 0 aliphatic carbocycles. The van der Waals surface area contributed by atoms with Crippen molar-refractivity contribution in [3.05, 3.63) is 10.8 Å². The van der Waals surface area contributed by atoms with Gasteiger partial charge in [-0.05, 0) is 12.2 Å². The van der Waals surface area contributed by atoms with Gasteiger partial charge in [0.25, 0.3) is 0 Å². The molecule has 4 nitrogen and oxygen atoms in total. The highest BCUT2D eigenvalue weighted by molar-refractivity contribution is 7.71. The minimum atomic E-state index is 0.313. The molecule has 0 bridgehead atoms. The van der Waals surface area contributed by atoms with E-state index >= 15 is 0 Å². The van der Waals surface area contributed by atoms with Gasteiger partial charge in [-0.25, -0.2) is 4.98 Å². The quantitative estimate of drug-likeness (QED) is 0.455. The predicted molar refractivity (Wildman–Crippen MR) is 38.2 cm³/mol. The zero-order chi connectivity index (χ0) is 6.85. The van der Waals surface area contributed by atoms with Crippen molar-refractivity contribution in [3.8, 4) is 0 Å². The van der Waals surface area contributed by atoms with Gasteiger partial charge in [-0.3, -0.25) is 0 Å². The van der Waals surface area contributed by atoms with Crippen LogP contribution >= 0.6 is 12.2 Å². The number of aromatic amines is 1. The summed E-state index contributed by atoms with van der Waals surface area (Å²) in [5.41, 5.74) is 10.6. The fourth-order valence-corrected chi connectivity index (χ4v) is 0.720. The molecule has 0 unspecified atom stereocenters. The van der Waals surface area contributed by atoms with Crippen molar-refractivity contribution in [2.45, 2.75) is 0 Å². The van der Waals surface area contributed by atoms with Crippen molar-refractivity contribution in [2.75, 3.05) is 11.5 Å². The first-order valence-electron chi connectivity index (χ1n) is 2.31. The first-order valence-corrected chi connectivity index (χ1v) is 2.71. The molecule has 0 fully saturated rings. The number of hydrogen-bond acceptors (Lipinski definition) is 4. The van der Waals surface area contributed by atoms with E-state index in [4.69, 9.17) is 11.5 Å². The molecule has 0 atom stereocenters. The average molecular weight is 142 g/mol. The first-order chi connectivity index (χ1) is 4.18. The number of nitrogen functional groups attached to an aromatic ring is 2. The van der Waals surface area contributed by atoms with E-state index in [0.29, 0.717) is 16.4 Å². The van der Waals surface area contributed by atoms with Crippen LogP contribution in [0.1, 0.15) is 0 Å². The van der Waals surface area contributed by atoms with Gasteiger partial charge < -0.3 is 16.5 Å². The molecule has 1 aromatic heterocycles. The average Bonchev–Trinajstić information content (AvgIpc) is 1.59. The molecular weight excluding hydrogens is 136 g/mol. The maximum absolute atomic E-state index is 5.32. The lowest BCUT2D eigenvalue weighted by Crippen LogP contribution is -1.96. The van der Waals surface area contributed by atoms with Gasteiger partial charge in [0.15, 0.2) is 4.77 Å². The van der Waals surface area contributed by atoms with Crippen LogP contribution in [-0.2, 0) is 0 Å². The summed E-state index contributed by atoms with van der Waals surface area (Å²) in [6.07, 6.45) is 0. The molecule has 0 spiro atoms. The molecule has 1 rings (SSSR count). The number of nitrogens with zero attached hydrogens (tertiary/aromatic N) is 1. The molecule has 1 heterocycles. The van der Waals surface area contributed by atoms with Crippen LogP contribution in [0.2, 0.25) is 0 Å². The second kappa shape index (κ2) is 2.02. The second-order valence-electron chi connectivity index (χ2n) is 1.57. The minimum Gasteiger partial charge on any atom is -0.385 e. The van der Waals surface area contributed by atoms with Gasteiger partial charge in [0.05, 0.1) is 0 Å². The summed E-state index contributed by atoms with van der Waals surface area (Å²) in [7, 11) is 0. The van der Waals surface area contributed by atoms with E-state index < -0.39 is 0 Å². The molecule has 5 N–H and O–H groups in total. The van der Waals surface area contributed by atoms with Gasteiger partial charge in [0.2, 0.25) is 0 Å². The Labute approximate surface area is 56.9 Å². The maximum Gasteiger partial charge on any atom is 0.200 e. The number of H-pyrrole nitrogens is 1. The van der Waals surface area contributed by atoms with Crippen LogP contribution in [0.5, 0.6) is 0 Å². The molecule has 0 amide bonds. The monoisotopic (exact) mass is 142 g/mol. The SMILES string of the molecule is Nc1cc(N)[nH]c(=S)n1. The summed E-state index contributed by atoms with van der Waals surface area (Å²) >= 11 is 4.66. The number of rotatable bonds is 0. The standard InChI is InChI=1S/C4H6N4S/c5-2-1-3(6)8-4(9)7-2/h1H,(H5,5,6,7,8,9). The molecule has 0 aromatic carbocycles. The third-order valence-electron chi connectivity index (χ3n) is 0.785. The van der Waals surface area contributed by atoms with Gasteiger partial charge in [-0.1, -0.05) is 0 Å². The fraction of sp³-hybridized carbons (Fsp3) is 0. The van der Waals surface area contributed by atoms with Crippen molar-refractivity contribution in [1.29, 1.82) is 0 Å². The number of aromatic nitrogens is 2. The van der Waals surface area contributed by atoms with Gasteiger partial charge in [-0.2, -0.15) is 0 Å². The molecule has 5 heteroatoms. The van der Waals surface area contributed by atoms with Crippen LogP contribution in [-0.4, -0.2) is 9.97 Å². The lowest BCUT2D eigenvalue weighted by molar-refractivity contribution is 1.15. The molecule has 9 heavy (non-hydrogen) atoms. The number of nitrogens with two attached hydrogens (primary N) is 2. The van der Waals surface area contributed by atoms with Crippen LogP contribution in [0.15, 0.2) is 6.07 Å². The van der Waals surface area contributed by atoms with Gasteiger partial charge in [0, 0.05) is 6.07 Å². The van der Waals surface area contributed by atoms with Crippen LogP contribution in [0.4, 0.5) is 11.6 Å². The number of nitrogens with one attached hydrogen (secondary N) is 1. The highest BCUT2D eigenvalue weighted by Gasteiger charge is 1.87. The lowest BCUT2D eigenvalue weighted by atomic mass is 10.5. The lowest BCUT2D eigenvalue weighted by Gasteiger charge is -1.92.